The minimum absolute atomic E-state index is 0.0628. The summed E-state index contributed by atoms with van der Waals surface area (Å²) >= 11 is 5.87. The van der Waals surface area contributed by atoms with Gasteiger partial charge in [-0.05, 0) is 36.4 Å². The molecule has 6 nitrogen and oxygen atoms in total. The van der Waals surface area contributed by atoms with Crippen LogP contribution in [0.2, 0.25) is 5.02 Å². The number of piperazine rings is 1. The van der Waals surface area contributed by atoms with Crippen molar-refractivity contribution in [3.63, 3.8) is 0 Å². The summed E-state index contributed by atoms with van der Waals surface area (Å²) in [5.74, 6) is -0.199. The Morgan fingerprint density at radius 1 is 0.893 bits per heavy atom. The predicted octanol–water partition coefficient (Wildman–Crippen LogP) is 3.09. The number of methoxy groups -OCH3 is 2. The molecule has 1 aliphatic heterocycles. The van der Waals surface area contributed by atoms with Crippen LogP contribution in [-0.4, -0.2) is 62.0 Å². The van der Waals surface area contributed by atoms with Gasteiger partial charge < -0.3 is 19.3 Å². The van der Waals surface area contributed by atoms with Crippen LogP contribution in [0.25, 0.3) is 0 Å². The zero-order valence-electron chi connectivity index (χ0n) is 15.6. The molecule has 2 amide bonds. The molecule has 0 N–H and O–H groups in total. The Labute approximate surface area is 167 Å². The Hall–Kier alpha value is -2.80. The van der Waals surface area contributed by atoms with Gasteiger partial charge in [-0.1, -0.05) is 11.6 Å². The predicted molar refractivity (Wildman–Crippen MR) is 103 cm³/mol. The minimum Gasteiger partial charge on any atom is -0.493 e. The second kappa shape index (κ2) is 8.48. The van der Waals surface area contributed by atoms with Gasteiger partial charge in [-0.2, -0.15) is 0 Å². The third kappa shape index (κ3) is 4.04. The summed E-state index contributed by atoms with van der Waals surface area (Å²) in [5, 5.41) is 0.298. The molecule has 0 aliphatic carbocycles. The molecule has 0 unspecified atom stereocenters. The van der Waals surface area contributed by atoms with Crippen molar-refractivity contribution in [2.45, 2.75) is 0 Å². The molecule has 0 bridgehead atoms. The Bertz CT molecular complexity index is 898. The maximum atomic E-state index is 13.9. The lowest BCUT2D eigenvalue weighted by atomic mass is 10.1. The van der Waals surface area contributed by atoms with E-state index in [4.69, 9.17) is 21.1 Å². The lowest BCUT2D eigenvalue weighted by Crippen LogP contribution is -2.50. The average molecular weight is 407 g/mol. The van der Waals surface area contributed by atoms with E-state index in [2.05, 4.69) is 0 Å². The van der Waals surface area contributed by atoms with E-state index < -0.39 is 11.7 Å². The van der Waals surface area contributed by atoms with Gasteiger partial charge in [0, 0.05) is 36.8 Å². The molecule has 3 rings (SSSR count). The molecule has 0 aromatic heterocycles. The molecular weight excluding hydrogens is 387 g/mol. The van der Waals surface area contributed by atoms with Gasteiger partial charge in [-0.25, -0.2) is 4.39 Å². The van der Waals surface area contributed by atoms with E-state index in [-0.39, 0.29) is 11.5 Å². The average Bonchev–Trinajstić information content (AvgIpc) is 2.74. The largest absolute Gasteiger partial charge is 0.493 e. The topological polar surface area (TPSA) is 59.1 Å². The van der Waals surface area contributed by atoms with Crippen LogP contribution in [0.4, 0.5) is 4.39 Å². The summed E-state index contributed by atoms with van der Waals surface area (Å²) in [7, 11) is 3.03. The Balaban J connectivity index is 1.67. The molecule has 0 saturated carbocycles. The lowest BCUT2D eigenvalue weighted by Gasteiger charge is -2.35. The third-order valence-corrected chi connectivity index (χ3v) is 4.88. The molecule has 0 spiro atoms. The molecule has 28 heavy (non-hydrogen) atoms. The van der Waals surface area contributed by atoms with Crippen molar-refractivity contribution in [1.29, 1.82) is 0 Å². The zero-order chi connectivity index (χ0) is 20.3. The first-order chi connectivity index (χ1) is 13.4. The third-order valence-electron chi connectivity index (χ3n) is 4.64. The quantitative estimate of drug-likeness (QED) is 0.783. The van der Waals surface area contributed by atoms with Crippen molar-refractivity contribution in [3.05, 3.63) is 58.4 Å². The van der Waals surface area contributed by atoms with Crippen molar-refractivity contribution in [2.24, 2.45) is 0 Å². The summed E-state index contributed by atoms with van der Waals surface area (Å²) in [6.07, 6.45) is 0. The first kappa shape index (κ1) is 19.9. The molecule has 8 heteroatoms. The zero-order valence-corrected chi connectivity index (χ0v) is 16.3. The molecule has 0 atom stereocenters. The van der Waals surface area contributed by atoms with Gasteiger partial charge in [0.1, 0.15) is 5.82 Å². The van der Waals surface area contributed by atoms with E-state index >= 15 is 0 Å². The molecule has 2 aromatic carbocycles. The lowest BCUT2D eigenvalue weighted by molar-refractivity contribution is 0.0532. The van der Waals surface area contributed by atoms with E-state index in [9.17, 15) is 14.0 Å². The second-order valence-corrected chi connectivity index (χ2v) is 6.71. The fourth-order valence-electron chi connectivity index (χ4n) is 3.10. The summed E-state index contributed by atoms with van der Waals surface area (Å²) in [5.41, 5.74) is 0.408. The highest BCUT2D eigenvalue weighted by atomic mass is 35.5. The van der Waals surface area contributed by atoms with Gasteiger partial charge in [-0.15, -0.1) is 0 Å². The number of carbonyl (C=O) groups is 2. The second-order valence-electron chi connectivity index (χ2n) is 6.28. The van der Waals surface area contributed by atoms with Crippen LogP contribution in [0.15, 0.2) is 36.4 Å². The highest BCUT2D eigenvalue weighted by molar-refractivity contribution is 6.31. The minimum atomic E-state index is -0.613. The first-order valence-electron chi connectivity index (χ1n) is 8.70. The van der Waals surface area contributed by atoms with Gasteiger partial charge in [0.25, 0.3) is 11.8 Å². The van der Waals surface area contributed by atoms with Crippen molar-refractivity contribution in [2.75, 3.05) is 40.4 Å². The van der Waals surface area contributed by atoms with Crippen molar-refractivity contribution in [3.8, 4) is 11.5 Å². The van der Waals surface area contributed by atoms with Crippen LogP contribution in [0.5, 0.6) is 11.5 Å². The molecule has 1 aliphatic rings. The van der Waals surface area contributed by atoms with Crippen LogP contribution in [0.1, 0.15) is 20.7 Å². The van der Waals surface area contributed by atoms with Crippen LogP contribution < -0.4 is 9.47 Å². The number of halogens is 2. The Kier molecular flexibility index (Phi) is 6.04. The van der Waals surface area contributed by atoms with Crippen molar-refractivity contribution >= 4 is 23.4 Å². The van der Waals surface area contributed by atoms with Crippen LogP contribution in [0.3, 0.4) is 0 Å². The Morgan fingerprint density at radius 3 is 2.11 bits per heavy atom. The first-order valence-corrected chi connectivity index (χ1v) is 9.08. The smallest absolute Gasteiger partial charge is 0.257 e. The normalized spacial score (nSPS) is 14.0. The van der Waals surface area contributed by atoms with Gasteiger partial charge in [0.2, 0.25) is 0 Å². The fourth-order valence-corrected chi connectivity index (χ4v) is 3.27. The summed E-state index contributed by atoms with van der Waals surface area (Å²) in [6.45, 7) is 1.32. The van der Waals surface area contributed by atoms with E-state index in [1.165, 1.54) is 37.3 Å². The van der Waals surface area contributed by atoms with Crippen LogP contribution >= 0.6 is 11.6 Å². The number of rotatable bonds is 4. The van der Waals surface area contributed by atoms with Crippen LogP contribution in [-0.2, 0) is 0 Å². The fraction of sp³-hybridized carbons (Fsp3) is 0.300. The van der Waals surface area contributed by atoms with E-state index in [1.54, 1.807) is 23.1 Å². The maximum Gasteiger partial charge on any atom is 0.257 e. The highest BCUT2D eigenvalue weighted by Gasteiger charge is 2.27. The van der Waals surface area contributed by atoms with Crippen LogP contribution in [0, 0.1) is 5.82 Å². The molecule has 0 radical (unpaired) electrons. The highest BCUT2D eigenvalue weighted by Crippen LogP contribution is 2.28. The molecule has 1 heterocycles. The van der Waals surface area contributed by atoms with E-state index in [1.807, 2.05) is 0 Å². The number of hydrogen-bond acceptors (Lipinski definition) is 4. The van der Waals surface area contributed by atoms with Crippen molar-refractivity contribution in [1.82, 2.24) is 9.80 Å². The Morgan fingerprint density at radius 2 is 1.50 bits per heavy atom. The van der Waals surface area contributed by atoms with Gasteiger partial charge in [0.05, 0.1) is 19.8 Å². The molecule has 1 fully saturated rings. The standard InChI is InChI=1S/C20H20ClFN2O4/c1-27-17-6-3-13(11-18(17)28-2)19(25)23-7-9-24(10-8-23)20(26)15-12-14(21)4-5-16(15)22/h3-6,11-12H,7-10H2,1-2H3. The summed E-state index contributed by atoms with van der Waals surface area (Å²) in [6, 6.07) is 8.86. The van der Waals surface area contributed by atoms with Gasteiger partial charge >= 0.3 is 0 Å². The number of hydrogen-bond donors (Lipinski definition) is 0. The number of carbonyl (C=O) groups excluding carboxylic acids is 2. The molecule has 1 saturated heterocycles. The monoisotopic (exact) mass is 406 g/mol. The maximum absolute atomic E-state index is 13.9. The summed E-state index contributed by atoms with van der Waals surface area (Å²) < 4.78 is 24.4. The van der Waals surface area contributed by atoms with Gasteiger partial charge in [-0.3, -0.25) is 9.59 Å². The number of amides is 2. The molecule has 2 aromatic rings. The number of benzene rings is 2. The van der Waals surface area contributed by atoms with E-state index in [0.717, 1.165) is 0 Å². The SMILES string of the molecule is COc1ccc(C(=O)N2CCN(C(=O)c3cc(Cl)ccc3F)CC2)cc1OC. The molecule has 148 valence electrons. The summed E-state index contributed by atoms with van der Waals surface area (Å²) in [4.78, 5) is 28.5. The molecular formula is C20H20ClFN2O4. The van der Waals surface area contributed by atoms with Gasteiger partial charge in [0.15, 0.2) is 11.5 Å². The number of ether oxygens (including phenoxy) is 2. The van der Waals surface area contributed by atoms with E-state index in [0.29, 0.717) is 48.3 Å². The number of nitrogens with zero attached hydrogens (tertiary/aromatic N) is 2. The van der Waals surface area contributed by atoms with Crippen molar-refractivity contribution < 1.29 is 23.5 Å².